The zero-order chi connectivity index (χ0) is 17.7. The molecule has 3 heteroatoms. The number of benzene rings is 3. The predicted octanol–water partition coefficient (Wildman–Crippen LogP) is 6.52. The molecular weight excluding hydrogens is 343 g/mol. The van der Waals surface area contributed by atoms with Gasteiger partial charge >= 0.3 is 0 Å². The zero-order valence-corrected chi connectivity index (χ0v) is 16.3. The van der Waals surface area contributed by atoms with Crippen molar-refractivity contribution in [3.63, 3.8) is 0 Å². The highest BCUT2D eigenvalue weighted by molar-refractivity contribution is 8.60. The van der Waals surface area contributed by atoms with Crippen LogP contribution in [-0.2, 0) is 4.57 Å². The van der Waals surface area contributed by atoms with Crippen molar-refractivity contribution in [3.05, 3.63) is 102 Å². The molecule has 0 heterocycles. The molecule has 1 atom stereocenters. The lowest BCUT2D eigenvalue weighted by atomic mass is 10.0. The lowest BCUT2D eigenvalue weighted by molar-refractivity contribution is 0.585. The Balaban J connectivity index is 2.06. The lowest BCUT2D eigenvalue weighted by Crippen LogP contribution is -2.11. The molecule has 128 valence electrons. The van der Waals surface area contributed by atoms with E-state index in [1.54, 1.807) is 11.4 Å². The van der Waals surface area contributed by atoms with Crippen molar-refractivity contribution in [1.29, 1.82) is 0 Å². The number of rotatable bonds is 6. The molecule has 0 aromatic heterocycles. The van der Waals surface area contributed by atoms with E-state index in [2.05, 4.69) is 62.4 Å². The fourth-order valence-electron chi connectivity index (χ4n) is 2.84. The molecule has 0 radical (unpaired) electrons. The fraction of sp³-hybridized carbons (Fsp3) is 0.182. The van der Waals surface area contributed by atoms with E-state index in [0.717, 1.165) is 5.30 Å². The third-order valence-electron chi connectivity index (χ3n) is 4.26. The maximum absolute atomic E-state index is 14.0. The molecule has 0 aliphatic heterocycles. The molecule has 0 fully saturated rings. The second-order valence-electron chi connectivity index (χ2n) is 6.33. The molecule has 3 aromatic rings. The van der Waals surface area contributed by atoms with Crippen LogP contribution in [0.15, 0.2) is 91.0 Å². The van der Waals surface area contributed by atoms with Crippen molar-refractivity contribution >= 4 is 23.0 Å². The summed E-state index contributed by atoms with van der Waals surface area (Å²) < 4.78 is 14.0. The Labute approximate surface area is 154 Å². The monoisotopic (exact) mass is 366 g/mol. The van der Waals surface area contributed by atoms with E-state index in [-0.39, 0.29) is 10.9 Å². The third kappa shape index (κ3) is 4.08. The fourth-order valence-corrected chi connectivity index (χ4v) is 8.39. The van der Waals surface area contributed by atoms with Crippen LogP contribution in [-0.4, -0.2) is 5.66 Å². The number of hydrogen-bond acceptors (Lipinski definition) is 2. The third-order valence-corrected chi connectivity index (χ3v) is 11.2. The summed E-state index contributed by atoms with van der Waals surface area (Å²) in [6, 6.07) is 30.7. The molecule has 3 aromatic carbocycles. The van der Waals surface area contributed by atoms with Crippen LogP contribution < -0.4 is 5.30 Å². The summed E-state index contributed by atoms with van der Waals surface area (Å²) in [5, 5.41) is 1.00. The van der Waals surface area contributed by atoms with Crippen molar-refractivity contribution in [1.82, 2.24) is 0 Å². The van der Waals surface area contributed by atoms with Gasteiger partial charge in [-0.2, -0.15) is 0 Å². The van der Waals surface area contributed by atoms with Crippen LogP contribution in [0.3, 0.4) is 0 Å². The average Bonchev–Trinajstić information content (AvgIpc) is 2.68. The molecule has 3 rings (SSSR count). The van der Waals surface area contributed by atoms with Gasteiger partial charge in [0.2, 0.25) is 0 Å². The molecule has 0 saturated heterocycles. The van der Waals surface area contributed by atoms with Crippen LogP contribution in [0.25, 0.3) is 0 Å². The Morgan fingerprint density at radius 3 is 1.48 bits per heavy atom. The molecule has 0 amide bonds. The Hall–Kier alpha value is -1.76. The topological polar surface area (TPSA) is 17.1 Å². The summed E-state index contributed by atoms with van der Waals surface area (Å²) in [5.74, 6) is 0. The van der Waals surface area contributed by atoms with Gasteiger partial charge in [-0.1, -0.05) is 116 Å². The van der Waals surface area contributed by atoms with E-state index < -0.39 is 6.34 Å². The first kappa shape index (κ1) is 18.0. The minimum atomic E-state index is -2.61. The minimum absolute atomic E-state index is 0.0517. The van der Waals surface area contributed by atoms with Crippen LogP contribution in [0.1, 0.15) is 30.2 Å². The van der Waals surface area contributed by atoms with E-state index in [4.69, 9.17) is 0 Å². The van der Waals surface area contributed by atoms with Gasteiger partial charge in [0.1, 0.15) is 0 Å². The molecule has 0 aliphatic carbocycles. The first-order chi connectivity index (χ1) is 12.1. The minimum Gasteiger partial charge on any atom is -0.307 e. The molecule has 0 N–H and O–H groups in total. The highest BCUT2D eigenvalue weighted by atomic mass is 32.7. The molecule has 25 heavy (non-hydrogen) atoms. The van der Waals surface area contributed by atoms with E-state index >= 15 is 0 Å². The van der Waals surface area contributed by atoms with Gasteiger partial charge in [0.05, 0.1) is 5.25 Å². The molecular formula is C22H23OPS. The average molecular weight is 366 g/mol. The van der Waals surface area contributed by atoms with Gasteiger partial charge in [0, 0.05) is 11.0 Å². The molecule has 0 spiro atoms. The normalized spacial score (nSPS) is 13.8. The maximum Gasteiger partial charge on any atom is 0.170 e. The van der Waals surface area contributed by atoms with E-state index in [1.165, 1.54) is 11.1 Å². The van der Waals surface area contributed by atoms with Crippen LogP contribution in [0.2, 0.25) is 0 Å². The van der Waals surface area contributed by atoms with Crippen molar-refractivity contribution in [3.8, 4) is 0 Å². The van der Waals surface area contributed by atoms with Crippen LogP contribution in [0.4, 0.5) is 0 Å². The summed E-state index contributed by atoms with van der Waals surface area (Å²) in [6.07, 6.45) is -2.61. The highest BCUT2D eigenvalue weighted by Gasteiger charge is 2.34. The Bertz CT molecular complexity index is 792. The van der Waals surface area contributed by atoms with Gasteiger partial charge < -0.3 is 4.57 Å². The summed E-state index contributed by atoms with van der Waals surface area (Å²) in [6.45, 7) is 4.13. The predicted molar refractivity (Wildman–Crippen MR) is 111 cm³/mol. The lowest BCUT2D eigenvalue weighted by Gasteiger charge is -2.27. The van der Waals surface area contributed by atoms with Crippen molar-refractivity contribution in [2.75, 3.05) is 0 Å². The maximum atomic E-state index is 14.0. The second-order valence-corrected chi connectivity index (χ2v) is 12.0. The van der Waals surface area contributed by atoms with Crippen LogP contribution >= 0.6 is 17.7 Å². The van der Waals surface area contributed by atoms with Crippen LogP contribution in [0, 0.1) is 0 Å². The van der Waals surface area contributed by atoms with Gasteiger partial charge in [-0.25, -0.2) is 0 Å². The summed E-state index contributed by atoms with van der Waals surface area (Å²) in [7, 11) is 0. The molecule has 0 aliphatic rings. The van der Waals surface area contributed by atoms with Gasteiger partial charge in [-0.3, -0.25) is 0 Å². The molecule has 0 bridgehead atoms. The highest BCUT2D eigenvalue weighted by Crippen LogP contribution is 2.67. The van der Waals surface area contributed by atoms with E-state index in [9.17, 15) is 4.57 Å². The van der Waals surface area contributed by atoms with Gasteiger partial charge in [0.25, 0.3) is 0 Å². The quantitative estimate of drug-likeness (QED) is 0.462. The van der Waals surface area contributed by atoms with Gasteiger partial charge in [-0.05, 0) is 11.1 Å². The van der Waals surface area contributed by atoms with Crippen molar-refractivity contribution < 1.29 is 4.57 Å². The van der Waals surface area contributed by atoms with E-state index in [1.807, 2.05) is 42.5 Å². The summed E-state index contributed by atoms with van der Waals surface area (Å²) in [5.41, 5.74) is 2.46. The Morgan fingerprint density at radius 2 is 1.08 bits per heavy atom. The molecule has 0 saturated carbocycles. The number of hydrogen-bond donors (Lipinski definition) is 0. The van der Waals surface area contributed by atoms with Gasteiger partial charge in [0.15, 0.2) is 6.34 Å². The zero-order valence-electron chi connectivity index (χ0n) is 14.6. The second kappa shape index (κ2) is 8.08. The smallest absolute Gasteiger partial charge is 0.170 e. The first-order valence-electron chi connectivity index (χ1n) is 8.55. The van der Waals surface area contributed by atoms with Crippen LogP contribution in [0.5, 0.6) is 0 Å². The first-order valence-corrected chi connectivity index (χ1v) is 11.8. The Morgan fingerprint density at radius 1 is 0.680 bits per heavy atom. The van der Waals surface area contributed by atoms with E-state index in [0.29, 0.717) is 0 Å². The largest absolute Gasteiger partial charge is 0.307 e. The SMILES string of the molecule is CC(C)P(=O)(SC(c1ccccc1)c1ccccc1)c1ccccc1. The molecule has 1 unspecified atom stereocenters. The summed E-state index contributed by atoms with van der Waals surface area (Å²) >= 11 is 1.62. The standard InChI is InChI=1S/C22H23OPS/c1-18(2)24(23,21-16-10-5-11-17-21)25-22(19-12-6-3-7-13-19)20-14-8-4-9-15-20/h3-18,22H,1-2H3. The summed E-state index contributed by atoms with van der Waals surface area (Å²) in [4.78, 5) is 0. The Kier molecular flexibility index (Phi) is 5.83. The van der Waals surface area contributed by atoms with Crippen molar-refractivity contribution in [2.45, 2.75) is 24.8 Å². The van der Waals surface area contributed by atoms with Gasteiger partial charge in [-0.15, -0.1) is 0 Å². The molecule has 1 nitrogen and oxygen atoms in total. The van der Waals surface area contributed by atoms with Crippen molar-refractivity contribution in [2.24, 2.45) is 0 Å².